The molecule has 6 heteroatoms. The Balaban J connectivity index is 2.07. The minimum absolute atomic E-state index is 0.0110. The van der Waals surface area contributed by atoms with E-state index in [2.05, 4.69) is 25.6 Å². The van der Waals surface area contributed by atoms with E-state index in [0.29, 0.717) is 11.4 Å². The summed E-state index contributed by atoms with van der Waals surface area (Å²) in [5.74, 6) is 0. The summed E-state index contributed by atoms with van der Waals surface area (Å²) in [5, 5.41) is 0.727. The van der Waals surface area contributed by atoms with Crippen molar-refractivity contribution in [1.29, 1.82) is 0 Å². The number of alkyl halides is 1. The van der Waals surface area contributed by atoms with Crippen LogP contribution >= 0.6 is 15.9 Å². The number of nitrogens with one attached hydrogen (secondary N) is 1. The molecule has 0 heterocycles. The summed E-state index contributed by atoms with van der Waals surface area (Å²) < 4.78 is 27.4. The van der Waals surface area contributed by atoms with Crippen LogP contribution in [0, 0.1) is 0 Å². The Labute approximate surface area is 129 Å². The molecule has 1 N–H and O–H groups in total. The highest BCUT2D eigenvalue weighted by atomic mass is 79.9. The van der Waals surface area contributed by atoms with E-state index in [1.165, 1.54) is 6.42 Å². The first kappa shape index (κ1) is 15.9. The van der Waals surface area contributed by atoms with Gasteiger partial charge in [-0.15, -0.1) is 0 Å². The van der Waals surface area contributed by atoms with Gasteiger partial charge in [0.25, 0.3) is 0 Å². The number of rotatable bonds is 6. The fourth-order valence-electron chi connectivity index (χ4n) is 2.44. The average molecular weight is 361 g/mol. The summed E-state index contributed by atoms with van der Waals surface area (Å²) in [6, 6.07) is 6.97. The molecule has 0 atom stereocenters. The molecular weight excluding hydrogens is 340 g/mol. The Morgan fingerprint density at radius 3 is 2.25 bits per heavy atom. The van der Waals surface area contributed by atoms with Crippen LogP contribution in [0.25, 0.3) is 0 Å². The first-order valence-electron chi connectivity index (χ1n) is 6.72. The average Bonchev–Trinajstić information content (AvgIpc) is 2.37. The molecule has 0 radical (unpaired) electrons. The lowest BCUT2D eigenvalue weighted by atomic mass is 9.76. The Morgan fingerprint density at radius 2 is 1.85 bits per heavy atom. The summed E-state index contributed by atoms with van der Waals surface area (Å²) in [5.41, 5.74) is 1.05. The van der Waals surface area contributed by atoms with Crippen LogP contribution in [0.15, 0.2) is 29.2 Å². The molecule has 1 aromatic carbocycles. The molecule has 0 aliphatic heterocycles. The standard InChI is InChI=1S/C14H21BrN2O2S/c1-17(2)14(8-3-9-14)11-16-20(18,19)13-6-4-12(10-15)5-7-13/h4-7,16H,3,8-11H2,1-2H3. The minimum atomic E-state index is -3.42. The number of benzene rings is 1. The van der Waals surface area contributed by atoms with Gasteiger partial charge in [0.05, 0.1) is 4.90 Å². The van der Waals surface area contributed by atoms with Gasteiger partial charge in [-0.1, -0.05) is 28.1 Å². The molecule has 0 unspecified atom stereocenters. The van der Waals surface area contributed by atoms with Crippen molar-refractivity contribution < 1.29 is 8.42 Å². The Hall–Kier alpha value is -0.430. The monoisotopic (exact) mass is 360 g/mol. The maximum atomic E-state index is 12.3. The third-order valence-corrected chi connectivity index (χ3v) is 6.28. The molecule has 2 rings (SSSR count). The molecular formula is C14H21BrN2O2S. The van der Waals surface area contributed by atoms with Crippen LogP contribution in [0.5, 0.6) is 0 Å². The quantitative estimate of drug-likeness (QED) is 0.792. The molecule has 1 aromatic rings. The molecule has 1 fully saturated rings. The van der Waals surface area contributed by atoms with Crippen LogP contribution < -0.4 is 4.72 Å². The summed E-state index contributed by atoms with van der Waals surface area (Å²) in [6.07, 6.45) is 3.26. The summed E-state index contributed by atoms with van der Waals surface area (Å²) in [6.45, 7) is 0.475. The molecule has 0 spiro atoms. The fourth-order valence-corrected chi connectivity index (χ4v) is 3.93. The first-order chi connectivity index (χ1) is 9.39. The van der Waals surface area contributed by atoms with Gasteiger partial charge in [0.15, 0.2) is 0 Å². The van der Waals surface area contributed by atoms with E-state index < -0.39 is 10.0 Å². The maximum Gasteiger partial charge on any atom is 0.240 e. The topological polar surface area (TPSA) is 49.4 Å². The number of halogens is 1. The smallest absolute Gasteiger partial charge is 0.240 e. The van der Waals surface area contributed by atoms with E-state index in [-0.39, 0.29) is 5.54 Å². The molecule has 1 aliphatic rings. The summed E-state index contributed by atoms with van der Waals surface area (Å²) in [7, 11) is 0.604. The van der Waals surface area contributed by atoms with Crippen molar-refractivity contribution >= 4 is 26.0 Å². The minimum Gasteiger partial charge on any atom is -0.302 e. The van der Waals surface area contributed by atoms with Crippen LogP contribution in [-0.2, 0) is 15.4 Å². The van der Waals surface area contributed by atoms with Crippen molar-refractivity contribution in [2.75, 3.05) is 20.6 Å². The molecule has 1 aliphatic carbocycles. The summed E-state index contributed by atoms with van der Waals surface area (Å²) in [4.78, 5) is 2.46. The van der Waals surface area contributed by atoms with E-state index in [1.807, 2.05) is 26.2 Å². The maximum absolute atomic E-state index is 12.3. The molecule has 112 valence electrons. The SMILES string of the molecule is CN(C)C1(CNS(=O)(=O)c2ccc(CBr)cc2)CCC1. The zero-order valence-corrected chi connectivity index (χ0v) is 14.3. The van der Waals surface area contributed by atoms with Crippen molar-refractivity contribution in [3.63, 3.8) is 0 Å². The lowest BCUT2D eigenvalue weighted by Crippen LogP contribution is -2.57. The highest BCUT2D eigenvalue weighted by Crippen LogP contribution is 2.35. The second-order valence-electron chi connectivity index (χ2n) is 5.57. The van der Waals surface area contributed by atoms with Gasteiger partial charge < -0.3 is 4.90 Å². The Morgan fingerprint density at radius 1 is 1.25 bits per heavy atom. The largest absolute Gasteiger partial charge is 0.302 e. The molecule has 1 saturated carbocycles. The molecule has 0 amide bonds. The van der Waals surface area contributed by atoms with Crippen molar-refractivity contribution in [3.8, 4) is 0 Å². The van der Waals surface area contributed by atoms with Crippen LogP contribution in [0.3, 0.4) is 0 Å². The zero-order valence-electron chi connectivity index (χ0n) is 11.9. The van der Waals surface area contributed by atoms with Crippen molar-refractivity contribution in [2.45, 2.75) is 35.0 Å². The molecule has 20 heavy (non-hydrogen) atoms. The normalized spacial score (nSPS) is 18.0. The van der Waals surface area contributed by atoms with E-state index in [9.17, 15) is 8.42 Å². The van der Waals surface area contributed by atoms with Crippen LogP contribution in [-0.4, -0.2) is 39.5 Å². The second kappa shape index (κ2) is 6.13. The van der Waals surface area contributed by atoms with Gasteiger partial charge in [-0.2, -0.15) is 0 Å². The Kier molecular flexibility index (Phi) is 4.89. The van der Waals surface area contributed by atoms with Gasteiger partial charge in [-0.3, -0.25) is 0 Å². The van der Waals surface area contributed by atoms with Crippen molar-refractivity contribution in [2.24, 2.45) is 0 Å². The van der Waals surface area contributed by atoms with Gasteiger partial charge in [-0.25, -0.2) is 13.1 Å². The second-order valence-corrected chi connectivity index (χ2v) is 7.90. The van der Waals surface area contributed by atoms with Gasteiger partial charge in [0.1, 0.15) is 0 Å². The van der Waals surface area contributed by atoms with Crippen LogP contribution in [0.4, 0.5) is 0 Å². The molecule has 4 nitrogen and oxygen atoms in total. The van der Waals surface area contributed by atoms with Gasteiger partial charge >= 0.3 is 0 Å². The van der Waals surface area contributed by atoms with Crippen LogP contribution in [0.2, 0.25) is 0 Å². The van der Waals surface area contributed by atoms with E-state index in [1.54, 1.807) is 12.1 Å². The fraction of sp³-hybridized carbons (Fsp3) is 0.571. The van der Waals surface area contributed by atoms with Crippen molar-refractivity contribution in [1.82, 2.24) is 9.62 Å². The van der Waals surface area contributed by atoms with E-state index in [0.717, 1.165) is 23.7 Å². The lowest BCUT2D eigenvalue weighted by Gasteiger charge is -2.47. The number of nitrogens with zero attached hydrogens (tertiary/aromatic N) is 1. The van der Waals surface area contributed by atoms with Gasteiger partial charge in [0, 0.05) is 17.4 Å². The first-order valence-corrected chi connectivity index (χ1v) is 9.32. The number of likely N-dealkylation sites (N-methyl/N-ethyl adjacent to an activating group) is 1. The highest BCUT2D eigenvalue weighted by Gasteiger charge is 2.39. The third-order valence-electron chi connectivity index (χ3n) is 4.21. The highest BCUT2D eigenvalue weighted by molar-refractivity contribution is 9.08. The van der Waals surface area contributed by atoms with Crippen LogP contribution in [0.1, 0.15) is 24.8 Å². The zero-order chi connectivity index (χ0) is 14.8. The van der Waals surface area contributed by atoms with E-state index in [4.69, 9.17) is 0 Å². The number of sulfonamides is 1. The third kappa shape index (κ3) is 3.24. The van der Waals surface area contributed by atoms with E-state index >= 15 is 0 Å². The van der Waals surface area contributed by atoms with Crippen molar-refractivity contribution in [3.05, 3.63) is 29.8 Å². The molecule has 0 bridgehead atoms. The Bertz CT molecular complexity index is 551. The molecule has 0 aromatic heterocycles. The summed E-state index contributed by atoms with van der Waals surface area (Å²) >= 11 is 3.35. The molecule has 0 saturated heterocycles. The lowest BCUT2D eigenvalue weighted by molar-refractivity contribution is 0.0657. The predicted molar refractivity (Wildman–Crippen MR) is 84.5 cm³/mol. The predicted octanol–water partition coefficient (Wildman–Crippen LogP) is 2.34. The number of hydrogen-bond acceptors (Lipinski definition) is 3. The van der Waals surface area contributed by atoms with Gasteiger partial charge in [-0.05, 0) is 51.1 Å². The number of hydrogen-bond donors (Lipinski definition) is 1. The van der Waals surface area contributed by atoms with Gasteiger partial charge in [0.2, 0.25) is 10.0 Å².